The van der Waals surface area contributed by atoms with E-state index in [1.807, 2.05) is 0 Å². The highest BCUT2D eigenvalue weighted by atomic mass is 16.5. The summed E-state index contributed by atoms with van der Waals surface area (Å²) in [6.45, 7) is 5.29. The summed E-state index contributed by atoms with van der Waals surface area (Å²) in [5.41, 5.74) is -0.321. The lowest BCUT2D eigenvalue weighted by molar-refractivity contribution is -0.0527. The fraction of sp³-hybridized carbons (Fsp3) is 0.875. The van der Waals surface area contributed by atoms with Crippen molar-refractivity contribution < 1.29 is 9.26 Å². The zero-order valence-corrected chi connectivity index (χ0v) is 13.7. The van der Waals surface area contributed by atoms with Gasteiger partial charge in [-0.05, 0) is 25.8 Å². The molecule has 1 saturated carbocycles. The van der Waals surface area contributed by atoms with Crippen LogP contribution in [-0.4, -0.2) is 29.8 Å². The summed E-state index contributed by atoms with van der Waals surface area (Å²) in [4.78, 5) is 4.64. The van der Waals surface area contributed by atoms with Gasteiger partial charge in [0, 0.05) is 19.6 Å². The van der Waals surface area contributed by atoms with E-state index in [0.717, 1.165) is 50.4 Å². The van der Waals surface area contributed by atoms with Crippen molar-refractivity contribution in [1.29, 1.82) is 0 Å². The van der Waals surface area contributed by atoms with Gasteiger partial charge in [0.05, 0.1) is 0 Å². The van der Waals surface area contributed by atoms with E-state index in [2.05, 4.69) is 29.3 Å². The minimum absolute atomic E-state index is 0.321. The van der Waals surface area contributed by atoms with E-state index >= 15 is 0 Å². The van der Waals surface area contributed by atoms with E-state index in [1.165, 1.54) is 19.3 Å². The van der Waals surface area contributed by atoms with Crippen molar-refractivity contribution in [2.75, 3.05) is 13.7 Å². The first kappa shape index (κ1) is 16.4. The Morgan fingerprint density at radius 3 is 2.67 bits per heavy atom. The van der Waals surface area contributed by atoms with Crippen molar-refractivity contribution in [2.24, 2.45) is 0 Å². The molecule has 1 aromatic rings. The van der Waals surface area contributed by atoms with Gasteiger partial charge in [-0.25, -0.2) is 0 Å². The fourth-order valence-corrected chi connectivity index (χ4v) is 3.29. The maximum absolute atomic E-state index is 5.78. The molecule has 120 valence electrons. The lowest BCUT2D eigenvalue weighted by Crippen LogP contribution is -2.33. The largest absolute Gasteiger partial charge is 0.370 e. The SMILES string of the molecule is CCCC(Cc1nc(C2(OC)CCCCC2)no1)NCC. The second-order valence-electron chi connectivity index (χ2n) is 6.02. The Hall–Kier alpha value is -0.940. The van der Waals surface area contributed by atoms with Crippen LogP contribution >= 0.6 is 0 Å². The summed E-state index contributed by atoms with van der Waals surface area (Å²) >= 11 is 0. The highest BCUT2D eigenvalue weighted by molar-refractivity contribution is 5.04. The Morgan fingerprint density at radius 2 is 2.05 bits per heavy atom. The van der Waals surface area contributed by atoms with Crippen molar-refractivity contribution >= 4 is 0 Å². The number of nitrogens with one attached hydrogen (secondary N) is 1. The molecule has 0 aliphatic heterocycles. The third-order valence-corrected chi connectivity index (χ3v) is 4.48. The molecule has 1 N–H and O–H groups in total. The number of aromatic nitrogens is 2. The third-order valence-electron chi connectivity index (χ3n) is 4.48. The van der Waals surface area contributed by atoms with Crippen LogP contribution in [0.4, 0.5) is 0 Å². The van der Waals surface area contributed by atoms with E-state index in [9.17, 15) is 0 Å². The maximum atomic E-state index is 5.78. The molecular formula is C16H29N3O2. The molecule has 21 heavy (non-hydrogen) atoms. The predicted octanol–water partition coefficient (Wildman–Crippen LogP) is 3.20. The number of likely N-dealkylation sites (N-methyl/N-ethyl adjacent to an activating group) is 1. The van der Waals surface area contributed by atoms with Gasteiger partial charge >= 0.3 is 0 Å². The van der Waals surface area contributed by atoms with Crippen LogP contribution in [0.5, 0.6) is 0 Å². The van der Waals surface area contributed by atoms with Gasteiger partial charge in [0.2, 0.25) is 11.7 Å². The lowest BCUT2D eigenvalue weighted by Gasteiger charge is -2.32. The van der Waals surface area contributed by atoms with Crippen molar-refractivity contribution in [3.8, 4) is 0 Å². The van der Waals surface area contributed by atoms with Gasteiger partial charge in [-0.15, -0.1) is 0 Å². The molecule has 0 aromatic carbocycles. The van der Waals surface area contributed by atoms with Gasteiger partial charge in [0.15, 0.2) is 0 Å². The molecule has 0 spiro atoms. The number of ether oxygens (including phenoxy) is 1. The van der Waals surface area contributed by atoms with Crippen molar-refractivity contribution in [2.45, 2.75) is 76.9 Å². The zero-order valence-electron chi connectivity index (χ0n) is 13.7. The average Bonchev–Trinajstić information content (AvgIpc) is 2.97. The smallest absolute Gasteiger partial charge is 0.228 e. The summed E-state index contributed by atoms with van der Waals surface area (Å²) in [6, 6.07) is 0.415. The minimum atomic E-state index is -0.321. The molecule has 0 amide bonds. The monoisotopic (exact) mass is 295 g/mol. The standard InChI is InChI=1S/C16H29N3O2/c1-4-9-13(17-5-2)12-14-18-15(19-21-14)16(20-3)10-7-6-8-11-16/h13,17H,4-12H2,1-3H3. The Kier molecular flexibility index (Phi) is 6.18. The van der Waals surface area contributed by atoms with E-state index in [-0.39, 0.29) is 5.60 Å². The molecule has 1 atom stereocenters. The Morgan fingerprint density at radius 1 is 1.29 bits per heavy atom. The first-order valence-corrected chi connectivity index (χ1v) is 8.35. The summed E-state index contributed by atoms with van der Waals surface area (Å²) in [7, 11) is 1.76. The molecular weight excluding hydrogens is 266 g/mol. The van der Waals surface area contributed by atoms with Crippen molar-refractivity contribution in [1.82, 2.24) is 15.5 Å². The molecule has 2 rings (SSSR count). The van der Waals surface area contributed by atoms with E-state index in [4.69, 9.17) is 9.26 Å². The molecule has 0 bridgehead atoms. The van der Waals surface area contributed by atoms with Crippen molar-refractivity contribution in [3.05, 3.63) is 11.7 Å². The average molecular weight is 295 g/mol. The second-order valence-corrected chi connectivity index (χ2v) is 6.02. The molecule has 0 saturated heterocycles. The molecule has 5 nitrogen and oxygen atoms in total. The number of nitrogens with zero attached hydrogens (tertiary/aromatic N) is 2. The quantitative estimate of drug-likeness (QED) is 0.798. The van der Waals surface area contributed by atoms with Gasteiger partial charge in [0.25, 0.3) is 0 Å². The van der Waals surface area contributed by atoms with Crippen LogP contribution in [0.1, 0.15) is 70.5 Å². The minimum Gasteiger partial charge on any atom is -0.370 e. The summed E-state index contributed by atoms with van der Waals surface area (Å²) in [5, 5.41) is 7.70. The normalized spacial score (nSPS) is 19.6. The van der Waals surface area contributed by atoms with Crippen LogP contribution in [0.15, 0.2) is 4.52 Å². The van der Waals surface area contributed by atoms with Crippen LogP contribution in [0.3, 0.4) is 0 Å². The van der Waals surface area contributed by atoms with Crippen LogP contribution in [0.25, 0.3) is 0 Å². The summed E-state index contributed by atoms with van der Waals surface area (Å²) in [5.74, 6) is 1.47. The van der Waals surface area contributed by atoms with Crippen LogP contribution in [0.2, 0.25) is 0 Å². The fourth-order valence-electron chi connectivity index (χ4n) is 3.29. The molecule has 1 aliphatic carbocycles. The Balaban J connectivity index is 2.05. The summed E-state index contributed by atoms with van der Waals surface area (Å²) in [6.07, 6.45) is 8.69. The third kappa shape index (κ3) is 4.04. The molecule has 1 fully saturated rings. The molecule has 1 aromatic heterocycles. The Labute approximate surface area is 127 Å². The van der Waals surface area contributed by atoms with Gasteiger partial charge in [-0.2, -0.15) is 4.98 Å². The van der Waals surface area contributed by atoms with Gasteiger partial charge in [-0.1, -0.05) is 44.7 Å². The van der Waals surface area contributed by atoms with E-state index in [0.29, 0.717) is 6.04 Å². The van der Waals surface area contributed by atoms with Gasteiger partial charge < -0.3 is 14.6 Å². The van der Waals surface area contributed by atoms with Crippen molar-refractivity contribution in [3.63, 3.8) is 0 Å². The number of hydrogen-bond acceptors (Lipinski definition) is 5. The van der Waals surface area contributed by atoms with Crippen LogP contribution < -0.4 is 5.32 Å². The lowest BCUT2D eigenvalue weighted by atomic mass is 9.84. The van der Waals surface area contributed by atoms with Gasteiger partial charge in [0.1, 0.15) is 5.60 Å². The van der Waals surface area contributed by atoms with Crippen LogP contribution in [0, 0.1) is 0 Å². The topological polar surface area (TPSA) is 60.2 Å². The molecule has 5 heteroatoms. The second kappa shape index (κ2) is 7.90. The molecule has 1 unspecified atom stereocenters. The predicted molar refractivity (Wildman–Crippen MR) is 82.1 cm³/mol. The number of methoxy groups -OCH3 is 1. The highest BCUT2D eigenvalue weighted by Gasteiger charge is 2.38. The van der Waals surface area contributed by atoms with E-state index in [1.54, 1.807) is 7.11 Å². The first-order valence-electron chi connectivity index (χ1n) is 8.35. The highest BCUT2D eigenvalue weighted by Crippen LogP contribution is 2.38. The van der Waals surface area contributed by atoms with E-state index < -0.39 is 0 Å². The molecule has 1 heterocycles. The zero-order chi connectivity index (χ0) is 15.1. The maximum Gasteiger partial charge on any atom is 0.228 e. The number of hydrogen-bond donors (Lipinski definition) is 1. The summed E-state index contributed by atoms with van der Waals surface area (Å²) < 4.78 is 11.3. The number of rotatable bonds is 8. The molecule has 0 radical (unpaired) electrons. The Bertz CT molecular complexity index is 407. The van der Waals surface area contributed by atoms with Crippen LogP contribution in [-0.2, 0) is 16.8 Å². The first-order chi connectivity index (χ1) is 10.2. The van der Waals surface area contributed by atoms with Gasteiger partial charge in [-0.3, -0.25) is 0 Å². The molecule has 1 aliphatic rings.